The van der Waals surface area contributed by atoms with Crippen molar-refractivity contribution in [1.82, 2.24) is 0 Å². The lowest BCUT2D eigenvalue weighted by Crippen LogP contribution is -2.30. The van der Waals surface area contributed by atoms with Crippen LogP contribution in [0.4, 0.5) is 11.4 Å². The van der Waals surface area contributed by atoms with Gasteiger partial charge in [-0.3, -0.25) is 9.59 Å². The summed E-state index contributed by atoms with van der Waals surface area (Å²) in [6.07, 6.45) is 0. The van der Waals surface area contributed by atoms with Crippen LogP contribution in [0.3, 0.4) is 0 Å². The van der Waals surface area contributed by atoms with E-state index in [0.29, 0.717) is 5.56 Å². The Morgan fingerprint density at radius 1 is 1.11 bits per heavy atom. The number of benzene rings is 2. The van der Waals surface area contributed by atoms with Gasteiger partial charge in [0.2, 0.25) is 15.9 Å². The van der Waals surface area contributed by atoms with Crippen LogP contribution in [0.1, 0.15) is 42.6 Å². The zero-order valence-electron chi connectivity index (χ0n) is 15.5. The van der Waals surface area contributed by atoms with Gasteiger partial charge in [-0.1, -0.05) is 39.0 Å². The van der Waals surface area contributed by atoms with Crippen LogP contribution >= 0.6 is 0 Å². The maximum atomic E-state index is 12.6. The molecule has 0 saturated carbocycles. The molecule has 6 nitrogen and oxygen atoms in total. The van der Waals surface area contributed by atoms with Crippen LogP contribution in [-0.2, 0) is 14.8 Å². The maximum absolute atomic E-state index is 12.6. The predicted octanol–water partition coefficient (Wildman–Crippen LogP) is 3.37. The number of nitrogens with zero attached hydrogens (tertiary/aromatic N) is 1. The first-order valence-electron chi connectivity index (χ1n) is 8.78. The van der Waals surface area contributed by atoms with Crippen molar-refractivity contribution in [2.24, 2.45) is 5.92 Å². The molecule has 0 bridgehead atoms. The van der Waals surface area contributed by atoms with Crippen LogP contribution in [-0.4, -0.2) is 26.0 Å². The van der Waals surface area contributed by atoms with Gasteiger partial charge >= 0.3 is 0 Å². The molecular formula is C20H22N2O4S. The minimum atomic E-state index is -3.65. The minimum Gasteiger partial charge on any atom is -0.322 e. The summed E-state index contributed by atoms with van der Waals surface area (Å²) in [5, 5.41) is 2.89. The monoisotopic (exact) mass is 386 g/mol. The molecule has 0 radical (unpaired) electrons. The van der Waals surface area contributed by atoms with E-state index < -0.39 is 21.8 Å². The lowest BCUT2D eigenvalue weighted by Gasteiger charge is -2.16. The maximum Gasteiger partial charge on any atom is 0.255 e. The molecule has 1 aliphatic rings. The van der Waals surface area contributed by atoms with Gasteiger partial charge in [-0.05, 0) is 41.8 Å². The highest BCUT2D eigenvalue weighted by molar-refractivity contribution is 7.94. The second kappa shape index (κ2) is 7.15. The van der Waals surface area contributed by atoms with Crippen LogP contribution in [0.25, 0.3) is 0 Å². The molecule has 0 spiro atoms. The minimum absolute atomic E-state index is 0.194. The topological polar surface area (TPSA) is 83.6 Å². The van der Waals surface area contributed by atoms with Crippen LogP contribution in [0.5, 0.6) is 0 Å². The van der Waals surface area contributed by atoms with E-state index in [4.69, 9.17) is 0 Å². The van der Waals surface area contributed by atoms with Crippen molar-refractivity contribution >= 4 is 33.2 Å². The summed E-state index contributed by atoms with van der Waals surface area (Å²) in [7, 11) is -3.65. The van der Waals surface area contributed by atoms with Gasteiger partial charge in [-0.15, -0.1) is 0 Å². The van der Waals surface area contributed by atoms with Crippen molar-refractivity contribution in [3.63, 3.8) is 0 Å². The zero-order valence-corrected chi connectivity index (χ0v) is 16.3. The molecule has 142 valence electrons. The number of anilines is 2. The molecule has 0 aromatic heterocycles. The smallest absolute Gasteiger partial charge is 0.255 e. The first kappa shape index (κ1) is 19.1. The standard InChI is InChI=1S/C20H22N2O4S/c1-13(2)17-6-4-5-7-18(17)21-19(23)15-8-10-16(11-9-15)22-20(24)14(3)12-27(22,25)26/h4-11,13-14H,12H2,1-3H3,(H,21,23). The number of para-hydroxylation sites is 1. The third-order valence-corrected chi connectivity index (χ3v) is 6.42. The van der Waals surface area contributed by atoms with Crippen LogP contribution in [0.2, 0.25) is 0 Å². The molecule has 2 aromatic carbocycles. The van der Waals surface area contributed by atoms with E-state index in [1.807, 2.05) is 38.1 Å². The predicted molar refractivity (Wildman–Crippen MR) is 105 cm³/mol. The Bertz CT molecular complexity index is 981. The Morgan fingerprint density at radius 2 is 1.74 bits per heavy atom. The molecule has 0 aliphatic carbocycles. The van der Waals surface area contributed by atoms with E-state index in [0.717, 1.165) is 15.6 Å². The van der Waals surface area contributed by atoms with Gasteiger partial charge in [0, 0.05) is 11.3 Å². The van der Waals surface area contributed by atoms with Gasteiger partial charge in [-0.2, -0.15) is 0 Å². The fourth-order valence-electron chi connectivity index (χ4n) is 3.14. The summed E-state index contributed by atoms with van der Waals surface area (Å²) in [5.74, 6) is -1.24. The molecule has 1 atom stereocenters. The molecule has 2 amide bonds. The molecule has 2 aromatic rings. The Kier molecular flexibility index (Phi) is 5.06. The average molecular weight is 386 g/mol. The molecule has 7 heteroatoms. The van der Waals surface area contributed by atoms with Gasteiger partial charge < -0.3 is 5.32 Å². The normalized spacial score (nSPS) is 18.7. The highest BCUT2D eigenvalue weighted by atomic mass is 32.2. The summed E-state index contributed by atoms with van der Waals surface area (Å²) in [5.41, 5.74) is 2.41. The first-order chi connectivity index (χ1) is 12.7. The summed E-state index contributed by atoms with van der Waals surface area (Å²) in [4.78, 5) is 24.7. The van der Waals surface area contributed by atoms with Gasteiger partial charge in [-0.25, -0.2) is 12.7 Å². The van der Waals surface area contributed by atoms with E-state index in [1.165, 1.54) is 24.3 Å². The van der Waals surface area contributed by atoms with E-state index in [1.54, 1.807) is 6.92 Å². The Morgan fingerprint density at radius 3 is 2.30 bits per heavy atom. The van der Waals surface area contributed by atoms with Gasteiger partial charge in [0.15, 0.2) is 0 Å². The van der Waals surface area contributed by atoms with Gasteiger partial charge in [0.05, 0.1) is 17.4 Å². The Balaban J connectivity index is 1.82. The molecule has 1 saturated heterocycles. The summed E-state index contributed by atoms with van der Waals surface area (Å²) in [6, 6.07) is 13.6. The molecule has 1 N–H and O–H groups in total. The SMILES string of the molecule is CC1CS(=O)(=O)N(c2ccc(C(=O)Nc3ccccc3C(C)C)cc2)C1=O. The number of amides is 2. The van der Waals surface area contributed by atoms with Crippen molar-refractivity contribution in [3.05, 3.63) is 59.7 Å². The summed E-state index contributed by atoms with van der Waals surface area (Å²) >= 11 is 0. The molecular weight excluding hydrogens is 364 g/mol. The number of sulfonamides is 1. The fourth-order valence-corrected chi connectivity index (χ4v) is 4.96. The number of carbonyl (C=O) groups is 2. The van der Waals surface area contributed by atoms with Crippen molar-refractivity contribution in [3.8, 4) is 0 Å². The van der Waals surface area contributed by atoms with Gasteiger partial charge in [0.1, 0.15) is 0 Å². The zero-order chi connectivity index (χ0) is 19.8. The third kappa shape index (κ3) is 3.73. The molecule has 1 aliphatic heterocycles. The van der Waals surface area contributed by atoms with Gasteiger partial charge in [0.25, 0.3) is 5.91 Å². The molecule has 3 rings (SSSR count). The molecule has 1 fully saturated rings. The quantitative estimate of drug-likeness (QED) is 0.873. The lowest BCUT2D eigenvalue weighted by atomic mass is 10.0. The Labute approximate surface area is 159 Å². The van der Waals surface area contributed by atoms with E-state index in [-0.39, 0.29) is 23.3 Å². The van der Waals surface area contributed by atoms with Crippen molar-refractivity contribution in [2.45, 2.75) is 26.7 Å². The van der Waals surface area contributed by atoms with Crippen LogP contribution < -0.4 is 9.62 Å². The van der Waals surface area contributed by atoms with Crippen molar-refractivity contribution in [2.75, 3.05) is 15.4 Å². The summed E-state index contributed by atoms with van der Waals surface area (Å²) in [6.45, 7) is 5.69. The van der Waals surface area contributed by atoms with E-state index in [2.05, 4.69) is 5.32 Å². The molecule has 1 unspecified atom stereocenters. The highest BCUT2D eigenvalue weighted by Gasteiger charge is 2.41. The lowest BCUT2D eigenvalue weighted by molar-refractivity contribution is -0.119. The fraction of sp³-hybridized carbons (Fsp3) is 0.300. The first-order valence-corrected chi connectivity index (χ1v) is 10.4. The number of hydrogen-bond donors (Lipinski definition) is 1. The number of rotatable bonds is 4. The second-order valence-corrected chi connectivity index (χ2v) is 8.89. The van der Waals surface area contributed by atoms with Crippen LogP contribution in [0, 0.1) is 5.92 Å². The number of hydrogen-bond acceptors (Lipinski definition) is 4. The summed E-state index contributed by atoms with van der Waals surface area (Å²) < 4.78 is 25.2. The number of carbonyl (C=O) groups excluding carboxylic acids is 2. The molecule has 27 heavy (non-hydrogen) atoms. The van der Waals surface area contributed by atoms with Crippen molar-refractivity contribution in [1.29, 1.82) is 0 Å². The Hall–Kier alpha value is -2.67. The van der Waals surface area contributed by atoms with Crippen molar-refractivity contribution < 1.29 is 18.0 Å². The molecule has 1 heterocycles. The largest absolute Gasteiger partial charge is 0.322 e. The van der Waals surface area contributed by atoms with E-state index in [9.17, 15) is 18.0 Å². The van der Waals surface area contributed by atoms with E-state index >= 15 is 0 Å². The highest BCUT2D eigenvalue weighted by Crippen LogP contribution is 2.29. The number of nitrogens with one attached hydrogen (secondary N) is 1. The average Bonchev–Trinajstić information content (AvgIpc) is 2.82. The second-order valence-electron chi connectivity index (χ2n) is 7.03. The van der Waals surface area contributed by atoms with Crippen LogP contribution in [0.15, 0.2) is 48.5 Å². The third-order valence-electron chi connectivity index (χ3n) is 4.56.